The molecule has 2 atom stereocenters. The number of rotatable bonds is 1. The Kier molecular flexibility index (Phi) is 1.97. The van der Waals surface area contributed by atoms with Crippen molar-refractivity contribution >= 4 is 11.6 Å². The lowest BCUT2D eigenvalue weighted by Crippen LogP contribution is -1.92. The summed E-state index contributed by atoms with van der Waals surface area (Å²) in [5.74, 6) is 1.22. The average molecular weight is 193 g/mol. The molecule has 1 aliphatic carbocycles. The highest BCUT2D eigenvalue weighted by atomic mass is 35.5. The first-order valence-electron chi connectivity index (χ1n) is 4.29. The van der Waals surface area contributed by atoms with Gasteiger partial charge in [0.15, 0.2) is 0 Å². The molecule has 0 spiro atoms. The van der Waals surface area contributed by atoms with E-state index in [4.69, 9.17) is 16.9 Å². The van der Waals surface area contributed by atoms with E-state index in [0.29, 0.717) is 22.7 Å². The van der Waals surface area contributed by atoms with Gasteiger partial charge in [-0.2, -0.15) is 5.26 Å². The monoisotopic (exact) mass is 192 g/mol. The van der Waals surface area contributed by atoms with E-state index in [9.17, 15) is 0 Å². The van der Waals surface area contributed by atoms with Crippen molar-refractivity contribution in [3.8, 4) is 6.07 Å². The minimum atomic E-state index is 0.397. The van der Waals surface area contributed by atoms with Crippen LogP contribution in [0.5, 0.6) is 0 Å². The molecule has 1 heterocycles. The van der Waals surface area contributed by atoms with Gasteiger partial charge in [-0.05, 0) is 29.9 Å². The predicted molar refractivity (Wildman–Crippen MR) is 50.5 cm³/mol. The van der Waals surface area contributed by atoms with E-state index in [1.54, 1.807) is 6.07 Å². The van der Waals surface area contributed by atoms with Crippen molar-refractivity contribution < 1.29 is 0 Å². The summed E-state index contributed by atoms with van der Waals surface area (Å²) < 4.78 is 0. The Morgan fingerprint density at radius 3 is 2.85 bits per heavy atom. The summed E-state index contributed by atoms with van der Waals surface area (Å²) in [6.45, 7) is 2.18. The van der Waals surface area contributed by atoms with E-state index >= 15 is 0 Å². The second kappa shape index (κ2) is 3.01. The van der Waals surface area contributed by atoms with Crippen LogP contribution in [0.3, 0.4) is 0 Å². The third-order valence-corrected chi connectivity index (χ3v) is 2.72. The van der Waals surface area contributed by atoms with E-state index < -0.39 is 0 Å². The van der Waals surface area contributed by atoms with Crippen LogP contribution in [-0.2, 0) is 0 Å². The maximum Gasteiger partial charge on any atom is 0.145 e. The van der Waals surface area contributed by atoms with Gasteiger partial charge in [0, 0.05) is 0 Å². The molecule has 1 saturated carbocycles. The quantitative estimate of drug-likeness (QED) is 0.642. The Balaban J connectivity index is 2.41. The van der Waals surface area contributed by atoms with Gasteiger partial charge < -0.3 is 0 Å². The number of hydrogen-bond donors (Lipinski definition) is 0. The molecule has 2 nitrogen and oxygen atoms in total. The van der Waals surface area contributed by atoms with Crippen LogP contribution in [0.2, 0.25) is 5.15 Å². The fourth-order valence-electron chi connectivity index (χ4n) is 1.59. The zero-order chi connectivity index (χ0) is 9.42. The van der Waals surface area contributed by atoms with Crippen molar-refractivity contribution in [3.05, 3.63) is 28.5 Å². The predicted octanol–water partition coefficient (Wildman–Crippen LogP) is 2.73. The molecule has 2 unspecified atom stereocenters. The Labute approximate surface area is 82.2 Å². The molecule has 1 aromatic heterocycles. The Bertz CT molecular complexity index is 381. The van der Waals surface area contributed by atoms with Crippen LogP contribution >= 0.6 is 11.6 Å². The minimum Gasteiger partial charge on any atom is -0.225 e. The highest BCUT2D eigenvalue weighted by molar-refractivity contribution is 6.29. The fourth-order valence-corrected chi connectivity index (χ4v) is 1.74. The van der Waals surface area contributed by atoms with E-state index in [0.717, 1.165) is 12.0 Å². The Morgan fingerprint density at radius 2 is 2.31 bits per heavy atom. The first-order chi connectivity index (χ1) is 6.22. The second-order valence-corrected chi connectivity index (χ2v) is 3.89. The molecule has 66 valence electrons. The smallest absolute Gasteiger partial charge is 0.145 e. The topological polar surface area (TPSA) is 36.7 Å². The molecular weight excluding hydrogens is 184 g/mol. The van der Waals surface area contributed by atoms with Gasteiger partial charge in [-0.15, -0.1) is 0 Å². The molecule has 1 fully saturated rings. The molecule has 0 amide bonds. The van der Waals surface area contributed by atoms with Crippen LogP contribution in [0, 0.1) is 17.2 Å². The number of nitriles is 1. The van der Waals surface area contributed by atoms with Crippen LogP contribution in [0.15, 0.2) is 12.1 Å². The summed E-state index contributed by atoms with van der Waals surface area (Å²) in [6, 6.07) is 5.75. The van der Waals surface area contributed by atoms with Gasteiger partial charge in [0.25, 0.3) is 0 Å². The van der Waals surface area contributed by atoms with Gasteiger partial charge >= 0.3 is 0 Å². The van der Waals surface area contributed by atoms with Gasteiger partial charge in [-0.3, -0.25) is 0 Å². The third kappa shape index (κ3) is 1.52. The van der Waals surface area contributed by atoms with Crippen molar-refractivity contribution in [1.29, 1.82) is 5.26 Å². The summed E-state index contributed by atoms with van der Waals surface area (Å²) in [6.07, 6.45) is 1.16. The zero-order valence-corrected chi connectivity index (χ0v) is 8.04. The number of nitrogens with zero attached hydrogens (tertiary/aromatic N) is 2. The lowest BCUT2D eigenvalue weighted by atomic mass is 10.1. The summed E-state index contributed by atoms with van der Waals surface area (Å²) in [5, 5.41) is 9.23. The zero-order valence-electron chi connectivity index (χ0n) is 7.29. The van der Waals surface area contributed by atoms with E-state index in [1.165, 1.54) is 0 Å². The SMILES string of the molecule is CC1CC1c1ccc(Cl)nc1C#N. The van der Waals surface area contributed by atoms with Gasteiger partial charge in [0.1, 0.15) is 16.9 Å². The Morgan fingerprint density at radius 1 is 1.62 bits per heavy atom. The number of aromatic nitrogens is 1. The van der Waals surface area contributed by atoms with Crippen molar-refractivity contribution in [2.45, 2.75) is 19.3 Å². The van der Waals surface area contributed by atoms with E-state index in [-0.39, 0.29) is 0 Å². The van der Waals surface area contributed by atoms with Crippen LogP contribution < -0.4 is 0 Å². The molecule has 0 aromatic carbocycles. The first-order valence-corrected chi connectivity index (χ1v) is 4.66. The van der Waals surface area contributed by atoms with Gasteiger partial charge in [-0.1, -0.05) is 24.6 Å². The molecule has 1 aliphatic rings. The number of hydrogen-bond acceptors (Lipinski definition) is 2. The van der Waals surface area contributed by atoms with Crippen molar-refractivity contribution in [2.24, 2.45) is 5.92 Å². The molecule has 0 N–H and O–H groups in total. The molecule has 2 rings (SSSR count). The Hall–Kier alpha value is -1.07. The van der Waals surface area contributed by atoms with Gasteiger partial charge in [0.05, 0.1) is 0 Å². The number of halogens is 1. The highest BCUT2D eigenvalue weighted by Crippen LogP contribution is 2.47. The normalized spacial score (nSPS) is 25.3. The number of pyridine rings is 1. The van der Waals surface area contributed by atoms with Crippen molar-refractivity contribution in [1.82, 2.24) is 4.98 Å². The summed E-state index contributed by atoms with van der Waals surface area (Å²) in [4.78, 5) is 3.99. The standard InChI is InChI=1S/C10H9ClN2/c1-6-4-8(6)7-2-3-10(11)13-9(7)5-12/h2-3,6,8H,4H2,1H3. The second-order valence-electron chi connectivity index (χ2n) is 3.50. The van der Waals surface area contributed by atoms with Crippen LogP contribution in [-0.4, -0.2) is 4.98 Å². The molecule has 0 bridgehead atoms. The van der Waals surface area contributed by atoms with Crippen LogP contribution in [0.1, 0.15) is 30.5 Å². The third-order valence-electron chi connectivity index (χ3n) is 2.51. The molecule has 0 radical (unpaired) electrons. The minimum absolute atomic E-state index is 0.397. The average Bonchev–Trinajstić information content (AvgIpc) is 2.82. The molecule has 0 aliphatic heterocycles. The molecule has 3 heteroatoms. The van der Waals surface area contributed by atoms with Crippen molar-refractivity contribution in [3.63, 3.8) is 0 Å². The van der Waals surface area contributed by atoms with E-state index in [1.807, 2.05) is 6.07 Å². The fraction of sp³-hybridized carbons (Fsp3) is 0.400. The van der Waals surface area contributed by atoms with Crippen LogP contribution in [0.25, 0.3) is 0 Å². The molecular formula is C10H9ClN2. The molecule has 13 heavy (non-hydrogen) atoms. The highest BCUT2D eigenvalue weighted by Gasteiger charge is 2.36. The van der Waals surface area contributed by atoms with Gasteiger partial charge in [0.2, 0.25) is 0 Å². The largest absolute Gasteiger partial charge is 0.225 e. The maximum absolute atomic E-state index is 8.83. The molecule has 1 aromatic rings. The van der Waals surface area contributed by atoms with Crippen molar-refractivity contribution in [2.75, 3.05) is 0 Å². The maximum atomic E-state index is 8.83. The van der Waals surface area contributed by atoms with Crippen LogP contribution in [0.4, 0.5) is 0 Å². The summed E-state index contributed by atoms with van der Waals surface area (Å²) >= 11 is 5.69. The van der Waals surface area contributed by atoms with E-state index in [2.05, 4.69) is 18.0 Å². The summed E-state index contributed by atoms with van der Waals surface area (Å²) in [7, 11) is 0. The lowest BCUT2D eigenvalue weighted by Gasteiger charge is -2.00. The van der Waals surface area contributed by atoms with Gasteiger partial charge in [-0.25, -0.2) is 4.98 Å². The summed E-state index contributed by atoms with van der Waals surface area (Å²) in [5.41, 5.74) is 1.54. The first kappa shape index (κ1) is 8.52. The molecule has 0 saturated heterocycles. The lowest BCUT2D eigenvalue weighted by molar-refractivity contribution is 0.905.